The summed E-state index contributed by atoms with van der Waals surface area (Å²) in [5.41, 5.74) is 1.99. The van der Waals surface area contributed by atoms with Gasteiger partial charge in [-0.25, -0.2) is 9.48 Å². The van der Waals surface area contributed by atoms with Crippen LogP contribution in [0.1, 0.15) is 17.5 Å². The molecule has 130 valence electrons. The number of anilines is 1. The first-order chi connectivity index (χ1) is 12.0. The average Bonchev–Trinajstić information content (AvgIpc) is 2.92. The van der Waals surface area contributed by atoms with Crippen molar-refractivity contribution in [1.29, 1.82) is 0 Å². The number of amidine groups is 1. The van der Waals surface area contributed by atoms with Crippen LogP contribution >= 0.6 is 35.0 Å². The van der Waals surface area contributed by atoms with Gasteiger partial charge in [-0.2, -0.15) is 0 Å². The van der Waals surface area contributed by atoms with Crippen molar-refractivity contribution >= 4 is 45.8 Å². The zero-order chi connectivity index (χ0) is 17.6. The Kier molecular flexibility index (Phi) is 4.49. The highest BCUT2D eigenvalue weighted by atomic mass is 35.5. The zero-order valence-corrected chi connectivity index (χ0v) is 16.2. The van der Waals surface area contributed by atoms with Gasteiger partial charge >= 0.3 is 5.17 Å². The Bertz CT molecular complexity index is 870. The average molecular weight is 394 g/mol. The molecule has 4 rings (SSSR count). The molecule has 0 amide bonds. The van der Waals surface area contributed by atoms with Crippen LogP contribution in [0.2, 0.25) is 10.0 Å². The minimum atomic E-state index is -1.11. The van der Waals surface area contributed by atoms with Crippen molar-refractivity contribution < 1.29 is 9.68 Å². The molecule has 2 aromatic carbocycles. The molecule has 0 unspecified atom stereocenters. The van der Waals surface area contributed by atoms with Gasteiger partial charge in [-0.05, 0) is 48.9 Å². The number of nitrogens with zero attached hydrogens (tertiary/aromatic N) is 2. The molecule has 0 saturated heterocycles. The number of thioether (sulfide) groups is 1. The SMILES string of the molecule is Cc1ccccc1N1C[C@](O)(c2ccc(Cl)c(Cl)c2)[N+]2=C1SCCC2. The second-order valence-corrected chi connectivity index (χ2v) is 8.33. The van der Waals surface area contributed by atoms with E-state index in [-0.39, 0.29) is 0 Å². The van der Waals surface area contributed by atoms with E-state index >= 15 is 0 Å². The molecule has 2 heterocycles. The molecule has 2 aliphatic rings. The zero-order valence-electron chi connectivity index (χ0n) is 13.9. The molecule has 0 aliphatic carbocycles. The van der Waals surface area contributed by atoms with Gasteiger partial charge in [0, 0.05) is 11.3 Å². The normalized spacial score (nSPS) is 23.1. The van der Waals surface area contributed by atoms with Crippen LogP contribution in [0, 0.1) is 6.92 Å². The van der Waals surface area contributed by atoms with Crippen LogP contribution in [0.4, 0.5) is 5.69 Å². The van der Waals surface area contributed by atoms with Crippen LogP contribution < -0.4 is 4.90 Å². The molecule has 0 fully saturated rings. The van der Waals surface area contributed by atoms with E-state index in [0.717, 1.165) is 35.1 Å². The van der Waals surface area contributed by atoms with E-state index in [4.69, 9.17) is 23.2 Å². The molecule has 0 aromatic heterocycles. The van der Waals surface area contributed by atoms with Gasteiger partial charge in [0.15, 0.2) is 6.54 Å². The van der Waals surface area contributed by atoms with Crippen LogP contribution in [-0.2, 0) is 5.72 Å². The number of hydrogen-bond acceptors (Lipinski definition) is 3. The van der Waals surface area contributed by atoms with Crippen molar-refractivity contribution in [3.8, 4) is 0 Å². The first-order valence-electron chi connectivity index (χ1n) is 8.29. The number of aliphatic hydroxyl groups is 1. The third kappa shape index (κ3) is 2.85. The van der Waals surface area contributed by atoms with Crippen LogP contribution in [-0.4, -0.2) is 33.7 Å². The predicted octanol–water partition coefficient (Wildman–Crippen LogP) is 4.47. The van der Waals surface area contributed by atoms with Gasteiger partial charge in [-0.1, -0.05) is 47.5 Å². The third-order valence-electron chi connectivity index (χ3n) is 4.83. The van der Waals surface area contributed by atoms with Gasteiger partial charge < -0.3 is 5.11 Å². The maximum atomic E-state index is 11.6. The Morgan fingerprint density at radius 3 is 2.72 bits per heavy atom. The summed E-state index contributed by atoms with van der Waals surface area (Å²) >= 11 is 14.1. The number of halogens is 2. The lowest BCUT2D eigenvalue weighted by atomic mass is 10.0. The number of benzene rings is 2. The summed E-state index contributed by atoms with van der Waals surface area (Å²) in [5, 5.41) is 13.7. The van der Waals surface area contributed by atoms with Crippen molar-refractivity contribution in [2.24, 2.45) is 0 Å². The smallest absolute Gasteiger partial charge is 0.316 e. The second-order valence-electron chi connectivity index (χ2n) is 6.45. The van der Waals surface area contributed by atoms with E-state index in [9.17, 15) is 5.11 Å². The Balaban J connectivity index is 1.83. The maximum Gasteiger partial charge on any atom is 0.316 e. The van der Waals surface area contributed by atoms with E-state index in [0.29, 0.717) is 16.6 Å². The van der Waals surface area contributed by atoms with Crippen molar-refractivity contribution in [2.45, 2.75) is 19.1 Å². The van der Waals surface area contributed by atoms with E-state index < -0.39 is 5.72 Å². The molecule has 0 spiro atoms. The highest BCUT2D eigenvalue weighted by Crippen LogP contribution is 2.39. The van der Waals surface area contributed by atoms with E-state index in [1.165, 1.54) is 5.56 Å². The van der Waals surface area contributed by atoms with Crippen molar-refractivity contribution in [2.75, 3.05) is 23.7 Å². The Morgan fingerprint density at radius 1 is 1.16 bits per heavy atom. The van der Waals surface area contributed by atoms with Crippen LogP contribution in [0.25, 0.3) is 0 Å². The molecule has 2 aliphatic heterocycles. The number of aryl methyl sites for hydroxylation is 1. The summed E-state index contributed by atoms with van der Waals surface area (Å²) < 4.78 is 2.10. The summed E-state index contributed by atoms with van der Waals surface area (Å²) in [5.74, 6) is 1.06. The minimum absolute atomic E-state index is 0.466. The summed E-state index contributed by atoms with van der Waals surface area (Å²) in [7, 11) is 0. The molecule has 6 heteroatoms. The Morgan fingerprint density at radius 2 is 1.96 bits per heavy atom. The minimum Gasteiger partial charge on any atom is -0.346 e. The lowest BCUT2D eigenvalue weighted by molar-refractivity contribution is -0.656. The highest BCUT2D eigenvalue weighted by molar-refractivity contribution is 8.13. The van der Waals surface area contributed by atoms with Gasteiger partial charge in [0.25, 0.3) is 5.72 Å². The van der Waals surface area contributed by atoms with Gasteiger partial charge in [-0.15, -0.1) is 0 Å². The standard InChI is InChI=1S/C19H19Cl2N2OS/c1-13-5-2-3-6-17(13)22-12-19(24,23-9-4-10-25-18(22)23)14-7-8-15(20)16(21)11-14/h2-3,5-8,11,24H,4,9-10,12H2,1H3/q+1/t19-/m0/s1. The van der Waals surface area contributed by atoms with Crippen molar-refractivity contribution in [3.05, 3.63) is 63.6 Å². The Hall–Kier alpha value is -1.20. The molecular weight excluding hydrogens is 375 g/mol. The molecule has 3 nitrogen and oxygen atoms in total. The summed E-state index contributed by atoms with van der Waals surface area (Å²) in [6, 6.07) is 13.7. The van der Waals surface area contributed by atoms with Crippen LogP contribution in [0.15, 0.2) is 42.5 Å². The lowest BCUT2D eigenvalue weighted by Gasteiger charge is -2.24. The molecular formula is C19H19Cl2N2OS+. The lowest BCUT2D eigenvalue weighted by Crippen LogP contribution is -2.41. The van der Waals surface area contributed by atoms with E-state index in [2.05, 4.69) is 28.5 Å². The van der Waals surface area contributed by atoms with Crippen LogP contribution in [0.5, 0.6) is 0 Å². The quantitative estimate of drug-likeness (QED) is 0.762. The van der Waals surface area contributed by atoms with Crippen molar-refractivity contribution in [1.82, 2.24) is 0 Å². The number of para-hydroxylation sites is 1. The summed E-state index contributed by atoms with van der Waals surface area (Å²) in [6.07, 6.45) is 1.04. The summed E-state index contributed by atoms with van der Waals surface area (Å²) in [6.45, 7) is 3.39. The number of hydrogen-bond donors (Lipinski definition) is 1. The topological polar surface area (TPSA) is 26.5 Å². The van der Waals surface area contributed by atoms with Gasteiger partial charge in [-0.3, -0.25) is 0 Å². The molecule has 0 radical (unpaired) electrons. The van der Waals surface area contributed by atoms with E-state index in [1.807, 2.05) is 18.2 Å². The predicted molar refractivity (Wildman–Crippen MR) is 106 cm³/mol. The fraction of sp³-hybridized carbons (Fsp3) is 0.316. The van der Waals surface area contributed by atoms with Gasteiger partial charge in [0.2, 0.25) is 0 Å². The number of rotatable bonds is 2. The highest BCUT2D eigenvalue weighted by Gasteiger charge is 2.53. The second kappa shape index (κ2) is 6.51. The molecule has 1 N–H and O–H groups in total. The van der Waals surface area contributed by atoms with Gasteiger partial charge in [0.1, 0.15) is 5.69 Å². The van der Waals surface area contributed by atoms with Crippen molar-refractivity contribution in [3.63, 3.8) is 0 Å². The van der Waals surface area contributed by atoms with Gasteiger partial charge in [0.05, 0.1) is 16.6 Å². The Labute approximate surface area is 161 Å². The first kappa shape index (κ1) is 17.2. The summed E-state index contributed by atoms with van der Waals surface area (Å²) in [4.78, 5) is 2.22. The molecule has 25 heavy (non-hydrogen) atoms. The molecule has 0 bridgehead atoms. The fourth-order valence-corrected chi connectivity index (χ4v) is 5.02. The largest absolute Gasteiger partial charge is 0.346 e. The molecule has 2 aromatic rings. The fourth-order valence-electron chi connectivity index (χ4n) is 3.55. The van der Waals surface area contributed by atoms with Crippen LogP contribution in [0.3, 0.4) is 0 Å². The molecule has 1 atom stereocenters. The third-order valence-corrected chi connectivity index (χ3v) is 6.76. The number of β-amino-alcohol motifs (C(OH)–C–C–N with tert-alkyl or cyclic N) is 1. The molecule has 0 saturated carbocycles. The monoisotopic (exact) mass is 393 g/mol. The maximum absolute atomic E-state index is 11.6. The first-order valence-corrected chi connectivity index (χ1v) is 10.0. The van der Waals surface area contributed by atoms with E-state index in [1.54, 1.807) is 23.9 Å².